The van der Waals surface area contributed by atoms with E-state index in [2.05, 4.69) is 9.72 Å². The highest BCUT2D eigenvalue weighted by Gasteiger charge is 2.13. The SMILES string of the molecule is Nc1nc(-c2cc(Cl)ccc2OC(F)F)cs1. The van der Waals surface area contributed by atoms with E-state index < -0.39 is 6.61 Å². The molecular weight excluding hydrogens is 270 g/mol. The van der Waals surface area contributed by atoms with E-state index in [0.29, 0.717) is 21.4 Å². The van der Waals surface area contributed by atoms with Gasteiger partial charge in [-0.25, -0.2) is 4.98 Å². The molecule has 0 bridgehead atoms. The molecule has 0 saturated carbocycles. The lowest BCUT2D eigenvalue weighted by molar-refractivity contribution is -0.0494. The summed E-state index contributed by atoms with van der Waals surface area (Å²) >= 11 is 7.02. The van der Waals surface area contributed by atoms with Gasteiger partial charge in [0.2, 0.25) is 0 Å². The Morgan fingerprint density at radius 1 is 1.41 bits per heavy atom. The Hall–Kier alpha value is -1.40. The van der Waals surface area contributed by atoms with E-state index in [1.807, 2.05) is 0 Å². The van der Waals surface area contributed by atoms with Crippen molar-refractivity contribution >= 4 is 28.1 Å². The van der Waals surface area contributed by atoms with Gasteiger partial charge in [-0.05, 0) is 18.2 Å². The van der Waals surface area contributed by atoms with Crippen LogP contribution < -0.4 is 10.5 Å². The third-order valence-corrected chi connectivity index (χ3v) is 2.86. The molecule has 0 aliphatic carbocycles. The smallest absolute Gasteiger partial charge is 0.387 e. The summed E-state index contributed by atoms with van der Waals surface area (Å²) < 4.78 is 28.8. The fourth-order valence-corrected chi connectivity index (χ4v) is 2.05. The van der Waals surface area contributed by atoms with E-state index in [-0.39, 0.29) is 5.75 Å². The Bertz CT molecular complexity index is 533. The van der Waals surface area contributed by atoms with Crippen LogP contribution in [0.3, 0.4) is 0 Å². The highest BCUT2D eigenvalue weighted by Crippen LogP contribution is 2.34. The molecule has 0 aliphatic heterocycles. The zero-order valence-electron chi connectivity index (χ0n) is 8.36. The molecule has 1 heterocycles. The third-order valence-electron chi connectivity index (χ3n) is 1.96. The number of anilines is 1. The zero-order valence-corrected chi connectivity index (χ0v) is 9.93. The number of halogens is 3. The molecular formula is C10H7ClF2N2OS. The first-order valence-electron chi connectivity index (χ1n) is 4.52. The van der Waals surface area contributed by atoms with Crippen LogP contribution in [0.1, 0.15) is 0 Å². The van der Waals surface area contributed by atoms with Crippen molar-refractivity contribution < 1.29 is 13.5 Å². The van der Waals surface area contributed by atoms with Crippen LogP contribution in [-0.4, -0.2) is 11.6 Å². The molecule has 2 aromatic rings. The second-order valence-corrected chi connectivity index (χ2v) is 4.42. The number of nitrogens with zero attached hydrogens (tertiary/aromatic N) is 1. The number of aromatic nitrogens is 1. The maximum atomic E-state index is 12.2. The van der Waals surface area contributed by atoms with Crippen molar-refractivity contribution in [1.82, 2.24) is 4.98 Å². The molecule has 7 heteroatoms. The maximum Gasteiger partial charge on any atom is 0.387 e. The fourth-order valence-electron chi connectivity index (χ4n) is 1.31. The van der Waals surface area contributed by atoms with Gasteiger partial charge < -0.3 is 10.5 Å². The summed E-state index contributed by atoms with van der Waals surface area (Å²) in [6.07, 6.45) is 0. The Morgan fingerprint density at radius 3 is 2.76 bits per heavy atom. The van der Waals surface area contributed by atoms with Crippen molar-refractivity contribution in [3.05, 3.63) is 28.6 Å². The van der Waals surface area contributed by atoms with Crippen molar-refractivity contribution in [1.29, 1.82) is 0 Å². The van der Waals surface area contributed by atoms with Gasteiger partial charge in [-0.15, -0.1) is 11.3 Å². The quantitative estimate of drug-likeness (QED) is 0.931. The molecule has 1 aromatic heterocycles. The highest BCUT2D eigenvalue weighted by atomic mass is 35.5. The molecule has 0 saturated heterocycles. The van der Waals surface area contributed by atoms with Gasteiger partial charge in [-0.2, -0.15) is 8.78 Å². The van der Waals surface area contributed by atoms with Gasteiger partial charge in [0.25, 0.3) is 0 Å². The predicted octanol–water partition coefficient (Wildman–Crippen LogP) is 3.65. The number of hydrogen-bond donors (Lipinski definition) is 1. The van der Waals surface area contributed by atoms with Gasteiger partial charge in [-0.3, -0.25) is 0 Å². The van der Waals surface area contributed by atoms with Crippen LogP contribution in [0, 0.1) is 0 Å². The molecule has 17 heavy (non-hydrogen) atoms. The summed E-state index contributed by atoms with van der Waals surface area (Å²) in [6, 6.07) is 4.35. The highest BCUT2D eigenvalue weighted by molar-refractivity contribution is 7.13. The molecule has 2 N–H and O–H groups in total. The summed E-state index contributed by atoms with van der Waals surface area (Å²) in [7, 11) is 0. The van der Waals surface area contributed by atoms with Gasteiger partial charge in [0.15, 0.2) is 5.13 Å². The van der Waals surface area contributed by atoms with Crippen molar-refractivity contribution in [2.24, 2.45) is 0 Å². The van der Waals surface area contributed by atoms with Crippen LogP contribution in [0.5, 0.6) is 5.75 Å². The second kappa shape index (κ2) is 4.85. The third kappa shape index (κ3) is 2.83. The zero-order chi connectivity index (χ0) is 12.4. The standard InChI is InChI=1S/C10H7ClF2N2OS/c11-5-1-2-8(16-9(12)13)6(3-5)7-4-17-10(14)15-7/h1-4,9H,(H2,14,15). The fraction of sp³-hybridized carbons (Fsp3) is 0.100. The normalized spacial score (nSPS) is 10.8. The predicted molar refractivity (Wildman–Crippen MR) is 63.6 cm³/mol. The molecule has 0 amide bonds. The summed E-state index contributed by atoms with van der Waals surface area (Å²) in [5, 5.41) is 2.41. The van der Waals surface area contributed by atoms with E-state index in [1.165, 1.54) is 29.5 Å². The molecule has 0 radical (unpaired) electrons. The Labute approximate surface area is 105 Å². The van der Waals surface area contributed by atoms with Crippen LogP contribution in [0.15, 0.2) is 23.6 Å². The van der Waals surface area contributed by atoms with E-state index in [4.69, 9.17) is 17.3 Å². The summed E-state index contributed by atoms with van der Waals surface area (Å²) in [6.45, 7) is -2.90. The second-order valence-electron chi connectivity index (χ2n) is 3.09. The average Bonchev–Trinajstić information content (AvgIpc) is 2.67. The monoisotopic (exact) mass is 276 g/mol. The number of hydrogen-bond acceptors (Lipinski definition) is 4. The summed E-state index contributed by atoms with van der Waals surface area (Å²) in [5.41, 5.74) is 6.35. The molecule has 1 aromatic carbocycles. The average molecular weight is 277 g/mol. The van der Waals surface area contributed by atoms with E-state index >= 15 is 0 Å². The Balaban J connectivity index is 2.46. The minimum absolute atomic E-state index is 0.0229. The topological polar surface area (TPSA) is 48.1 Å². The first kappa shape index (κ1) is 12.1. The molecule has 0 spiro atoms. The minimum Gasteiger partial charge on any atom is -0.434 e. The lowest BCUT2D eigenvalue weighted by Crippen LogP contribution is -2.03. The van der Waals surface area contributed by atoms with Crippen molar-refractivity contribution in [3.8, 4) is 17.0 Å². The van der Waals surface area contributed by atoms with Gasteiger partial charge in [-0.1, -0.05) is 11.6 Å². The van der Waals surface area contributed by atoms with Crippen LogP contribution in [0.4, 0.5) is 13.9 Å². The summed E-state index contributed by atoms with van der Waals surface area (Å²) in [5.74, 6) is 0.0229. The number of nitrogens with two attached hydrogens (primary N) is 1. The first-order chi connectivity index (χ1) is 8.06. The van der Waals surface area contributed by atoms with Gasteiger partial charge in [0, 0.05) is 16.0 Å². The molecule has 3 nitrogen and oxygen atoms in total. The lowest BCUT2D eigenvalue weighted by Gasteiger charge is -2.09. The van der Waals surface area contributed by atoms with Crippen LogP contribution in [0.25, 0.3) is 11.3 Å². The van der Waals surface area contributed by atoms with Crippen LogP contribution in [0.2, 0.25) is 5.02 Å². The van der Waals surface area contributed by atoms with Crippen molar-refractivity contribution in [2.75, 3.05) is 5.73 Å². The van der Waals surface area contributed by atoms with Crippen LogP contribution >= 0.6 is 22.9 Å². The van der Waals surface area contributed by atoms with Gasteiger partial charge in [0.05, 0.1) is 5.69 Å². The number of benzene rings is 1. The van der Waals surface area contributed by atoms with Crippen molar-refractivity contribution in [2.45, 2.75) is 6.61 Å². The number of ether oxygens (including phenoxy) is 1. The van der Waals surface area contributed by atoms with Crippen LogP contribution in [-0.2, 0) is 0 Å². The molecule has 0 fully saturated rings. The van der Waals surface area contributed by atoms with Crippen molar-refractivity contribution in [3.63, 3.8) is 0 Å². The summed E-state index contributed by atoms with van der Waals surface area (Å²) in [4.78, 5) is 4.00. The van der Waals surface area contributed by atoms with E-state index in [0.717, 1.165) is 0 Å². The van der Waals surface area contributed by atoms with E-state index in [1.54, 1.807) is 5.38 Å². The molecule has 90 valence electrons. The minimum atomic E-state index is -2.90. The Kier molecular flexibility index (Phi) is 3.44. The number of rotatable bonds is 3. The van der Waals surface area contributed by atoms with Gasteiger partial charge >= 0.3 is 6.61 Å². The van der Waals surface area contributed by atoms with E-state index in [9.17, 15) is 8.78 Å². The molecule has 2 rings (SSSR count). The molecule has 0 unspecified atom stereocenters. The molecule has 0 atom stereocenters. The number of alkyl halides is 2. The largest absolute Gasteiger partial charge is 0.434 e. The number of nitrogen functional groups attached to an aromatic ring is 1. The number of thiazole rings is 1. The lowest BCUT2D eigenvalue weighted by atomic mass is 10.1. The van der Waals surface area contributed by atoms with Gasteiger partial charge in [0.1, 0.15) is 5.75 Å². The first-order valence-corrected chi connectivity index (χ1v) is 5.78. The molecule has 0 aliphatic rings. The Morgan fingerprint density at radius 2 is 2.18 bits per heavy atom. The maximum absolute atomic E-state index is 12.2.